The van der Waals surface area contributed by atoms with E-state index < -0.39 is 0 Å². The zero-order valence-electron chi connectivity index (χ0n) is 15.2. The van der Waals surface area contributed by atoms with Gasteiger partial charge in [0.05, 0.1) is 17.5 Å². The number of rotatable bonds is 4. The lowest BCUT2D eigenvalue weighted by molar-refractivity contribution is -0.128. The molecule has 2 N–H and O–H groups in total. The van der Waals surface area contributed by atoms with Crippen LogP contribution in [0.4, 0.5) is 0 Å². The predicted octanol–water partition coefficient (Wildman–Crippen LogP) is 1.33. The molecule has 0 aliphatic carbocycles. The van der Waals surface area contributed by atoms with Crippen LogP contribution in [0.1, 0.15) is 40.8 Å². The van der Waals surface area contributed by atoms with Gasteiger partial charge in [-0.25, -0.2) is 4.98 Å². The maximum absolute atomic E-state index is 12.8. The van der Waals surface area contributed by atoms with E-state index in [-0.39, 0.29) is 29.7 Å². The molecule has 2 fully saturated rings. The summed E-state index contributed by atoms with van der Waals surface area (Å²) in [4.78, 5) is 31.7. The number of hydrogen-bond acceptors (Lipinski definition) is 6. The number of ether oxygens (including phenoxy) is 1. The van der Waals surface area contributed by atoms with Crippen LogP contribution < -0.4 is 5.32 Å². The third-order valence-electron chi connectivity index (χ3n) is 5.24. The molecular weight excluding hydrogens is 366 g/mol. The minimum Gasteiger partial charge on any atom is -0.381 e. The van der Waals surface area contributed by atoms with Gasteiger partial charge in [-0.1, -0.05) is 0 Å². The van der Waals surface area contributed by atoms with E-state index in [0.717, 1.165) is 18.7 Å². The van der Waals surface area contributed by atoms with E-state index in [4.69, 9.17) is 4.74 Å². The maximum atomic E-state index is 12.8. The molecule has 2 aromatic heterocycles. The van der Waals surface area contributed by atoms with E-state index in [1.54, 1.807) is 4.90 Å². The van der Waals surface area contributed by atoms with Gasteiger partial charge in [-0.3, -0.25) is 14.7 Å². The van der Waals surface area contributed by atoms with E-state index >= 15 is 0 Å². The first-order valence-corrected chi connectivity index (χ1v) is 10.1. The molecule has 0 unspecified atom stereocenters. The first-order chi connectivity index (χ1) is 13.1. The number of nitrogens with one attached hydrogen (secondary N) is 2. The van der Waals surface area contributed by atoms with Crippen LogP contribution in [0, 0.1) is 12.8 Å². The van der Waals surface area contributed by atoms with E-state index in [1.807, 2.05) is 23.8 Å². The third kappa shape index (κ3) is 3.89. The molecular formula is C18H23N5O3S. The van der Waals surface area contributed by atoms with Crippen molar-refractivity contribution in [3.05, 3.63) is 34.0 Å². The molecule has 0 bridgehead atoms. The zero-order valence-corrected chi connectivity index (χ0v) is 16.0. The number of aromatic amines is 1. The Labute approximate surface area is 161 Å². The number of hydrogen-bond donors (Lipinski definition) is 2. The van der Waals surface area contributed by atoms with Crippen LogP contribution in [0.25, 0.3) is 0 Å². The van der Waals surface area contributed by atoms with Crippen LogP contribution in [0.2, 0.25) is 0 Å². The second kappa shape index (κ2) is 7.77. The average Bonchev–Trinajstić information content (AvgIpc) is 3.42. The van der Waals surface area contributed by atoms with Crippen molar-refractivity contribution >= 4 is 23.2 Å². The second-order valence-corrected chi connectivity index (χ2v) is 7.89. The molecule has 2 saturated heterocycles. The quantitative estimate of drug-likeness (QED) is 0.822. The molecule has 2 aliphatic heterocycles. The smallest absolute Gasteiger partial charge is 0.254 e. The lowest BCUT2D eigenvalue weighted by atomic mass is 9.97. The SMILES string of the molecule is Cc1nc([C@@H]2CN(C(=O)c3ccsc3)C[C@H]2NC(=O)C2CCOCC2)n[nH]1. The van der Waals surface area contributed by atoms with Gasteiger partial charge in [0.15, 0.2) is 5.82 Å². The van der Waals surface area contributed by atoms with Crippen LogP contribution in [0.3, 0.4) is 0 Å². The van der Waals surface area contributed by atoms with Gasteiger partial charge in [0.1, 0.15) is 5.82 Å². The second-order valence-electron chi connectivity index (χ2n) is 7.11. The Balaban J connectivity index is 1.51. The average molecular weight is 389 g/mol. The van der Waals surface area contributed by atoms with Crippen LogP contribution in [-0.2, 0) is 9.53 Å². The molecule has 4 heterocycles. The van der Waals surface area contributed by atoms with E-state index in [0.29, 0.717) is 37.7 Å². The highest BCUT2D eigenvalue weighted by atomic mass is 32.1. The molecule has 2 atom stereocenters. The van der Waals surface area contributed by atoms with Crippen LogP contribution in [0.5, 0.6) is 0 Å². The molecule has 144 valence electrons. The predicted molar refractivity (Wildman–Crippen MR) is 99.6 cm³/mol. The molecule has 0 aromatic carbocycles. The van der Waals surface area contributed by atoms with Crippen molar-refractivity contribution in [1.29, 1.82) is 0 Å². The summed E-state index contributed by atoms with van der Waals surface area (Å²) in [5, 5.41) is 14.0. The molecule has 0 radical (unpaired) electrons. The zero-order chi connectivity index (χ0) is 18.8. The van der Waals surface area contributed by atoms with Crippen molar-refractivity contribution in [3.63, 3.8) is 0 Å². The highest BCUT2D eigenvalue weighted by Gasteiger charge is 2.40. The van der Waals surface area contributed by atoms with E-state index in [9.17, 15) is 9.59 Å². The minimum absolute atomic E-state index is 0.0173. The molecule has 4 rings (SSSR count). The van der Waals surface area contributed by atoms with Crippen LogP contribution >= 0.6 is 11.3 Å². The number of aromatic nitrogens is 3. The van der Waals surface area contributed by atoms with Gasteiger partial charge < -0.3 is 15.0 Å². The fourth-order valence-corrected chi connectivity index (χ4v) is 4.36. The van der Waals surface area contributed by atoms with E-state index in [1.165, 1.54) is 11.3 Å². The Morgan fingerprint density at radius 2 is 2.15 bits per heavy atom. The third-order valence-corrected chi connectivity index (χ3v) is 5.92. The number of aryl methyl sites for hydroxylation is 1. The topological polar surface area (TPSA) is 100 Å². The summed E-state index contributed by atoms with van der Waals surface area (Å²) in [6, 6.07) is 1.63. The maximum Gasteiger partial charge on any atom is 0.254 e. The van der Waals surface area contributed by atoms with Crippen molar-refractivity contribution in [2.45, 2.75) is 31.7 Å². The summed E-state index contributed by atoms with van der Waals surface area (Å²) >= 11 is 1.50. The van der Waals surface area contributed by atoms with Crippen LogP contribution in [-0.4, -0.2) is 64.2 Å². The summed E-state index contributed by atoms with van der Waals surface area (Å²) in [6.07, 6.45) is 1.47. The molecule has 9 heteroatoms. The Hall–Kier alpha value is -2.26. The van der Waals surface area contributed by atoms with Crippen LogP contribution in [0.15, 0.2) is 16.8 Å². The summed E-state index contributed by atoms with van der Waals surface area (Å²) in [5.74, 6) is 1.23. The van der Waals surface area contributed by atoms with Crippen molar-refractivity contribution < 1.29 is 14.3 Å². The van der Waals surface area contributed by atoms with E-state index in [2.05, 4.69) is 20.5 Å². The van der Waals surface area contributed by atoms with Crippen molar-refractivity contribution in [2.24, 2.45) is 5.92 Å². The summed E-state index contributed by atoms with van der Waals surface area (Å²) in [7, 11) is 0. The molecule has 2 amide bonds. The Morgan fingerprint density at radius 1 is 1.33 bits per heavy atom. The molecule has 8 nitrogen and oxygen atoms in total. The standard InChI is InChI=1S/C18H23N5O3S/c1-11-19-16(22-21-11)14-8-23(18(25)13-4-7-27-10-13)9-15(14)20-17(24)12-2-5-26-6-3-12/h4,7,10,12,14-15H,2-3,5-6,8-9H2,1H3,(H,20,24)(H,19,21,22)/t14-,15-/m1/s1. The van der Waals surface area contributed by atoms with Crippen molar-refractivity contribution in [1.82, 2.24) is 25.4 Å². The van der Waals surface area contributed by atoms with Gasteiger partial charge in [-0.15, -0.1) is 0 Å². The Morgan fingerprint density at radius 3 is 2.81 bits per heavy atom. The lowest BCUT2D eigenvalue weighted by Gasteiger charge is -2.24. The van der Waals surface area contributed by atoms with Crippen molar-refractivity contribution in [2.75, 3.05) is 26.3 Å². The van der Waals surface area contributed by atoms with Crippen molar-refractivity contribution in [3.8, 4) is 0 Å². The fraction of sp³-hybridized carbons (Fsp3) is 0.556. The van der Waals surface area contributed by atoms with Gasteiger partial charge in [0.25, 0.3) is 5.91 Å². The summed E-state index contributed by atoms with van der Waals surface area (Å²) < 4.78 is 5.35. The van der Waals surface area contributed by atoms with Gasteiger partial charge in [0.2, 0.25) is 5.91 Å². The largest absolute Gasteiger partial charge is 0.381 e. The van der Waals surface area contributed by atoms with Gasteiger partial charge >= 0.3 is 0 Å². The minimum atomic E-state index is -0.196. The number of carbonyl (C=O) groups is 2. The number of amides is 2. The Bertz CT molecular complexity index is 800. The normalized spacial score (nSPS) is 23.5. The highest BCUT2D eigenvalue weighted by molar-refractivity contribution is 7.08. The van der Waals surface area contributed by atoms with Gasteiger partial charge in [-0.2, -0.15) is 16.4 Å². The lowest BCUT2D eigenvalue weighted by Crippen LogP contribution is -2.44. The Kier molecular flexibility index (Phi) is 5.22. The van der Waals surface area contributed by atoms with Gasteiger partial charge in [0, 0.05) is 37.6 Å². The highest BCUT2D eigenvalue weighted by Crippen LogP contribution is 2.28. The van der Waals surface area contributed by atoms with Gasteiger partial charge in [-0.05, 0) is 31.2 Å². The first kappa shape index (κ1) is 18.1. The first-order valence-electron chi connectivity index (χ1n) is 9.20. The molecule has 27 heavy (non-hydrogen) atoms. The number of nitrogens with zero attached hydrogens (tertiary/aromatic N) is 3. The summed E-state index contributed by atoms with van der Waals surface area (Å²) in [6.45, 7) is 4.03. The number of likely N-dealkylation sites (tertiary alicyclic amines) is 1. The fourth-order valence-electron chi connectivity index (χ4n) is 3.73. The molecule has 2 aromatic rings. The molecule has 0 saturated carbocycles. The monoisotopic (exact) mass is 389 g/mol. The molecule has 0 spiro atoms. The number of thiophene rings is 1. The summed E-state index contributed by atoms with van der Waals surface area (Å²) in [5.41, 5.74) is 0.682. The number of carbonyl (C=O) groups excluding carboxylic acids is 2. The molecule has 2 aliphatic rings. The number of H-pyrrole nitrogens is 1.